The van der Waals surface area contributed by atoms with Gasteiger partial charge in [0.25, 0.3) is 0 Å². The molecule has 0 unspecified atom stereocenters. The lowest BCUT2D eigenvalue weighted by Crippen LogP contribution is -2.43. The summed E-state index contributed by atoms with van der Waals surface area (Å²) in [6, 6.07) is 19.9. The Bertz CT molecular complexity index is 902. The summed E-state index contributed by atoms with van der Waals surface area (Å²) >= 11 is 0. The molecule has 2 aromatic carbocycles. The van der Waals surface area contributed by atoms with Gasteiger partial charge >= 0.3 is 5.97 Å². The summed E-state index contributed by atoms with van der Waals surface area (Å²) in [7, 11) is 0. The van der Waals surface area contributed by atoms with Gasteiger partial charge in [0.2, 0.25) is 0 Å². The highest BCUT2D eigenvalue weighted by Gasteiger charge is 2.39. The topological polar surface area (TPSA) is 49.8 Å². The first-order chi connectivity index (χ1) is 16.7. The van der Waals surface area contributed by atoms with E-state index in [1.54, 1.807) is 0 Å². The number of hydrogen-bond acceptors (Lipinski definition) is 3. The van der Waals surface area contributed by atoms with Crippen molar-refractivity contribution in [3.63, 3.8) is 0 Å². The molecule has 0 amide bonds. The van der Waals surface area contributed by atoms with E-state index in [1.807, 2.05) is 12.1 Å². The molecule has 1 N–H and O–H groups in total. The zero-order valence-corrected chi connectivity index (χ0v) is 20.3. The fourth-order valence-corrected chi connectivity index (χ4v) is 5.66. The van der Waals surface area contributed by atoms with Crippen molar-refractivity contribution >= 4 is 5.97 Å². The van der Waals surface area contributed by atoms with Crippen LogP contribution in [0.5, 0.6) is 0 Å². The number of ether oxygens (including phenoxy) is 1. The Morgan fingerprint density at radius 2 is 1.62 bits per heavy atom. The monoisotopic (exact) mass is 461 g/mol. The summed E-state index contributed by atoms with van der Waals surface area (Å²) < 4.78 is 6.55. The van der Waals surface area contributed by atoms with Crippen molar-refractivity contribution in [2.75, 3.05) is 13.1 Å². The quantitative estimate of drug-likeness (QED) is 0.378. The SMILES string of the molecule is O=C(O)CCC=CCC[C@@H]1[C@@H](OCc2ccc(-c3ccccc3)cc2)CC[C@@H]1N1CCCCC1. The summed E-state index contributed by atoms with van der Waals surface area (Å²) in [6.07, 6.45) is 13.8. The van der Waals surface area contributed by atoms with Gasteiger partial charge in [-0.25, -0.2) is 0 Å². The van der Waals surface area contributed by atoms with Crippen molar-refractivity contribution in [1.29, 1.82) is 0 Å². The molecule has 0 bridgehead atoms. The number of piperidine rings is 1. The third kappa shape index (κ3) is 7.04. The molecule has 34 heavy (non-hydrogen) atoms. The van der Waals surface area contributed by atoms with Crippen molar-refractivity contribution in [3.8, 4) is 11.1 Å². The molecule has 1 saturated carbocycles. The number of rotatable bonds is 11. The van der Waals surface area contributed by atoms with Crippen LogP contribution in [0.4, 0.5) is 0 Å². The number of nitrogens with zero attached hydrogens (tertiary/aromatic N) is 1. The first kappa shape index (κ1) is 24.7. The Kier molecular flexibility index (Phi) is 9.35. The highest BCUT2D eigenvalue weighted by molar-refractivity contribution is 5.66. The van der Waals surface area contributed by atoms with Crippen LogP contribution in [-0.2, 0) is 16.1 Å². The largest absolute Gasteiger partial charge is 0.481 e. The number of benzene rings is 2. The predicted molar refractivity (Wildman–Crippen MR) is 138 cm³/mol. The molecule has 1 saturated heterocycles. The van der Waals surface area contributed by atoms with Crippen molar-refractivity contribution in [2.24, 2.45) is 5.92 Å². The molecule has 1 heterocycles. The van der Waals surface area contributed by atoms with E-state index in [2.05, 4.69) is 59.5 Å². The van der Waals surface area contributed by atoms with Crippen LogP contribution >= 0.6 is 0 Å². The highest BCUT2D eigenvalue weighted by atomic mass is 16.5. The van der Waals surface area contributed by atoms with Crippen LogP contribution in [0.15, 0.2) is 66.7 Å². The average molecular weight is 462 g/mol. The van der Waals surface area contributed by atoms with Gasteiger partial charge in [0, 0.05) is 18.4 Å². The Labute approximate surface area is 204 Å². The Morgan fingerprint density at radius 3 is 2.35 bits per heavy atom. The van der Waals surface area contributed by atoms with Gasteiger partial charge in [-0.2, -0.15) is 0 Å². The fraction of sp³-hybridized carbons (Fsp3) is 0.500. The van der Waals surface area contributed by atoms with Crippen molar-refractivity contribution in [3.05, 3.63) is 72.3 Å². The molecule has 4 nitrogen and oxygen atoms in total. The number of carboxylic acids is 1. The highest BCUT2D eigenvalue weighted by Crippen LogP contribution is 2.37. The molecule has 0 radical (unpaired) electrons. The van der Waals surface area contributed by atoms with Gasteiger partial charge in [-0.05, 0) is 74.7 Å². The average Bonchev–Trinajstić information content (AvgIpc) is 3.28. The lowest BCUT2D eigenvalue weighted by Gasteiger charge is -2.37. The van der Waals surface area contributed by atoms with Crippen LogP contribution in [0.2, 0.25) is 0 Å². The third-order valence-electron chi connectivity index (χ3n) is 7.46. The molecular weight excluding hydrogens is 422 g/mol. The van der Waals surface area contributed by atoms with Crippen LogP contribution in [0, 0.1) is 5.92 Å². The van der Waals surface area contributed by atoms with E-state index >= 15 is 0 Å². The smallest absolute Gasteiger partial charge is 0.303 e. The lowest BCUT2D eigenvalue weighted by atomic mass is 9.93. The normalized spacial score (nSPS) is 23.5. The fourth-order valence-electron chi connectivity index (χ4n) is 5.66. The Hall–Kier alpha value is -2.43. The molecule has 182 valence electrons. The van der Waals surface area contributed by atoms with E-state index in [-0.39, 0.29) is 6.42 Å². The molecule has 0 spiro atoms. The minimum atomic E-state index is -0.726. The van der Waals surface area contributed by atoms with Crippen LogP contribution < -0.4 is 0 Å². The van der Waals surface area contributed by atoms with E-state index in [9.17, 15) is 4.79 Å². The van der Waals surface area contributed by atoms with Crippen molar-refractivity contribution in [1.82, 2.24) is 4.90 Å². The molecule has 2 fully saturated rings. The van der Waals surface area contributed by atoms with Crippen molar-refractivity contribution < 1.29 is 14.6 Å². The van der Waals surface area contributed by atoms with E-state index < -0.39 is 5.97 Å². The number of carbonyl (C=O) groups is 1. The van der Waals surface area contributed by atoms with Gasteiger partial charge in [-0.15, -0.1) is 0 Å². The molecule has 2 aromatic rings. The zero-order chi connectivity index (χ0) is 23.6. The molecular formula is C30H39NO3. The van der Waals surface area contributed by atoms with Crippen molar-refractivity contribution in [2.45, 2.75) is 76.5 Å². The van der Waals surface area contributed by atoms with Crippen LogP contribution in [0.25, 0.3) is 11.1 Å². The van der Waals surface area contributed by atoms with E-state index in [4.69, 9.17) is 9.84 Å². The zero-order valence-electron chi connectivity index (χ0n) is 20.3. The number of hydrogen-bond donors (Lipinski definition) is 1. The summed E-state index contributed by atoms with van der Waals surface area (Å²) in [5.41, 5.74) is 3.71. The maximum atomic E-state index is 10.7. The van der Waals surface area contributed by atoms with Gasteiger partial charge in [-0.1, -0.05) is 73.2 Å². The van der Waals surface area contributed by atoms with E-state index in [1.165, 1.54) is 55.5 Å². The number of aliphatic carboxylic acids is 1. The van der Waals surface area contributed by atoms with Gasteiger partial charge in [-0.3, -0.25) is 4.79 Å². The molecule has 2 aliphatic rings. The van der Waals surface area contributed by atoms with Gasteiger partial charge in [0.05, 0.1) is 12.7 Å². The second-order valence-electron chi connectivity index (χ2n) is 9.80. The second-order valence-corrected chi connectivity index (χ2v) is 9.80. The molecule has 1 aliphatic heterocycles. The number of allylic oxidation sites excluding steroid dienone is 2. The molecule has 0 aromatic heterocycles. The maximum absolute atomic E-state index is 10.7. The Morgan fingerprint density at radius 1 is 0.912 bits per heavy atom. The number of carboxylic acid groups (broad SMARTS) is 1. The molecule has 1 aliphatic carbocycles. The van der Waals surface area contributed by atoms with E-state index in [0.717, 1.165) is 19.3 Å². The molecule has 4 rings (SSSR count). The summed E-state index contributed by atoms with van der Waals surface area (Å²) in [6.45, 7) is 3.12. The summed E-state index contributed by atoms with van der Waals surface area (Å²) in [5, 5.41) is 8.83. The van der Waals surface area contributed by atoms with Crippen LogP contribution in [-0.4, -0.2) is 41.2 Å². The first-order valence-electron chi connectivity index (χ1n) is 13.1. The standard InChI is InChI=1S/C30H39NO3/c32-30(33)14-8-2-1-7-13-27-28(31-21-9-4-10-22-31)19-20-29(27)34-23-24-15-17-26(18-16-24)25-11-5-3-6-12-25/h1-3,5-6,11-12,15-18,27-29H,4,7-10,13-14,19-23H2,(H,32,33)/t27-,28-,29-/m0/s1. The molecule has 4 heteroatoms. The third-order valence-corrected chi connectivity index (χ3v) is 7.46. The molecule has 3 atom stereocenters. The summed E-state index contributed by atoms with van der Waals surface area (Å²) in [4.78, 5) is 13.4. The minimum Gasteiger partial charge on any atom is -0.481 e. The predicted octanol–water partition coefficient (Wildman–Crippen LogP) is 6.70. The first-order valence-corrected chi connectivity index (χ1v) is 13.1. The maximum Gasteiger partial charge on any atom is 0.303 e. The van der Waals surface area contributed by atoms with Gasteiger partial charge in [0.1, 0.15) is 0 Å². The van der Waals surface area contributed by atoms with Crippen LogP contribution in [0.3, 0.4) is 0 Å². The lowest BCUT2D eigenvalue weighted by molar-refractivity contribution is -0.136. The van der Waals surface area contributed by atoms with E-state index in [0.29, 0.717) is 31.1 Å². The minimum absolute atomic E-state index is 0.213. The van der Waals surface area contributed by atoms with Gasteiger partial charge < -0.3 is 14.7 Å². The van der Waals surface area contributed by atoms with Gasteiger partial charge in [0.15, 0.2) is 0 Å². The number of likely N-dealkylation sites (tertiary alicyclic amines) is 1. The second kappa shape index (κ2) is 12.9. The Balaban J connectivity index is 1.34. The summed E-state index contributed by atoms with van der Waals surface area (Å²) in [5.74, 6) is -0.179. The van der Waals surface area contributed by atoms with Crippen LogP contribution in [0.1, 0.15) is 63.4 Å².